The van der Waals surface area contributed by atoms with Crippen LogP contribution in [0.15, 0.2) is 77.9 Å². The number of aryl methyl sites for hydroxylation is 1. The fourth-order valence-electron chi connectivity index (χ4n) is 3.81. The summed E-state index contributed by atoms with van der Waals surface area (Å²) >= 11 is 6.06. The first-order valence-corrected chi connectivity index (χ1v) is 10.6. The van der Waals surface area contributed by atoms with Crippen molar-refractivity contribution in [3.63, 3.8) is 0 Å². The maximum absolute atomic E-state index is 11.0. The first-order valence-electron chi connectivity index (χ1n) is 10.2. The number of carboxylic acid groups (broad SMARTS) is 1. The number of fused-ring (bicyclic) bond motifs is 3. The van der Waals surface area contributed by atoms with Gasteiger partial charge in [0.05, 0.1) is 12.2 Å². The topological polar surface area (TPSA) is 95.6 Å². The van der Waals surface area contributed by atoms with Crippen LogP contribution in [0.2, 0.25) is 5.02 Å². The lowest BCUT2D eigenvalue weighted by molar-refractivity contribution is 0.210. The molecular weight excluding hydrogens is 440 g/mol. The number of nitrogens with one attached hydrogen (secondary N) is 1. The lowest BCUT2D eigenvalue weighted by atomic mass is 10.0. The standard InChI is InChI=1S/C24H19ClN6O2/c1-15-27-28-23-30(14-16-6-10-18(25)11-7-16)29-22(20-4-2-3-5-21(20)31(15)23)17-8-12-19(13-9-17)26-24(32)33/h2-13,26H,14H2,1H3,(H,32,33). The number of nitrogens with zero attached hydrogens (tertiary/aromatic N) is 5. The predicted octanol–water partition coefficient (Wildman–Crippen LogP) is 5.09. The molecule has 1 aliphatic heterocycles. The van der Waals surface area contributed by atoms with Crippen molar-refractivity contribution in [2.75, 3.05) is 10.3 Å². The maximum atomic E-state index is 11.0. The molecule has 0 aliphatic carbocycles. The zero-order valence-electron chi connectivity index (χ0n) is 17.6. The van der Waals surface area contributed by atoms with Crippen molar-refractivity contribution in [3.8, 4) is 5.69 Å². The minimum atomic E-state index is -1.11. The largest absolute Gasteiger partial charge is 0.465 e. The van der Waals surface area contributed by atoms with Crippen molar-refractivity contribution >= 4 is 35.0 Å². The second-order valence-corrected chi connectivity index (χ2v) is 7.98. The van der Waals surface area contributed by atoms with Crippen LogP contribution in [0.3, 0.4) is 0 Å². The Bertz CT molecular complexity index is 1360. The molecule has 0 atom stereocenters. The Morgan fingerprint density at radius 2 is 1.73 bits per heavy atom. The second kappa shape index (κ2) is 8.40. The number of carbonyl (C=O) groups is 1. The van der Waals surface area contributed by atoms with E-state index >= 15 is 0 Å². The molecule has 0 saturated heterocycles. The molecule has 164 valence electrons. The predicted molar refractivity (Wildman–Crippen MR) is 127 cm³/mol. The molecule has 2 heterocycles. The number of benzene rings is 3. The van der Waals surface area contributed by atoms with Gasteiger partial charge in [-0.25, -0.2) is 9.80 Å². The molecule has 0 fully saturated rings. The van der Waals surface area contributed by atoms with Crippen LogP contribution < -0.4 is 10.3 Å². The normalized spacial score (nSPS) is 12.4. The summed E-state index contributed by atoms with van der Waals surface area (Å²) in [7, 11) is 0. The van der Waals surface area contributed by atoms with Crippen molar-refractivity contribution in [3.05, 3.63) is 100 Å². The number of amides is 1. The Kier molecular flexibility index (Phi) is 5.27. The molecule has 1 amide bonds. The molecule has 1 aromatic heterocycles. The third-order valence-corrected chi connectivity index (χ3v) is 5.57. The maximum Gasteiger partial charge on any atom is 0.409 e. The molecule has 8 nitrogen and oxygen atoms in total. The van der Waals surface area contributed by atoms with E-state index in [0.29, 0.717) is 23.2 Å². The number of halogens is 1. The molecule has 0 bridgehead atoms. The molecule has 0 saturated carbocycles. The summed E-state index contributed by atoms with van der Waals surface area (Å²) in [6.45, 7) is 2.37. The number of anilines is 2. The minimum absolute atomic E-state index is 0.464. The van der Waals surface area contributed by atoms with Gasteiger partial charge in [-0.2, -0.15) is 5.10 Å². The van der Waals surface area contributed by atoms with Crippen LogP contribution in [0.5, 0.6) is 0 Å². The molecule has 1 aliphatic rings. The van der Waals surface area contributed by atoms with Gasteiger partial charge in [0.1, 0.15) is 11.5 Å². The third-order valence-electron chi connectivity index (χ3n) is 5.31. The van der Waals surface area contributed by atoms with Crippen molar-refractivity contribution in [2.24, 2.45) is 5.10 Å². The molecule has 0 radical (unpaired) electrons. The van der Waals surface area contributed by atoms with Gasteiger partial charge >= 0.3 is 6.09 Å². The van der Waals surface area contributed by atoms with Crippen molar-refractivity contribution < 1.29 is 9.90 Å². The Balaban J connectivity index is 1.65. The van der Waals surface area contributed by atoms with Crippen LogP contribution in [0.1, 0.15) is 22.5 Å². The molecule has 33 heavy (non-hydrogen) atoms. The Morgan fingerprint density at radius 3 is 2.45 bits per heavy atom. The van der Waals surface area contributed by atoms with Crippen molar-refractivity contribution in [1.82, 2.24) is 14.8 Å². The minimum Gasteiger partial charge on any atom is -0.465 e. The van der Waals surface area contributed by atoms with Crippen LogP contribution in [-0.2, 0) is 6.54 Å². The highest BCUT2D eigenvalue weighted by atomic mass is 35.5. The van der Waals surface area contributed by atoms with Crippen LogP contribution in [0, 0.1) is 6.92 Å². The van der Waals surface area contributed by atoms with Gasteiger partial charge in [-0.1, -0.05) is 54.1 Å². The summed E-state index contributed by atoms with van der Waals surface area (Å²) in [5.74, 6) is 1.35. The summed E-state index contributed by atoms with van der Waals surface area (Å²) in [6.07, 6.45) is -1.11. The molecule has 4 aromatic rings. The van der Waals surface area contributed by atoms with Crippen LogP contribution in [0.4, 0.5) is 16.4 Å². The molecule has 2 N–H and O–H groups in total. The molecule has 5 rings (SSSR count). The third kappa shape index (κ3) is 4.04. The van der Waals surface area contributed by atoms with E-state index in [1.165, 1.54) is 0 Å². The molecule has 3 aromatic carbocycles. The average molecular weight is 459 g/mol. The number of para-hydroxylation sites is 1. The number of hydrogen-bond donors (Lipinski definition) is 2. The van der Waals surface area contributed by atoms with E-state index in [1.54, 1.807) is 12.1 Å². The molecule has 0 spiro atoms. The van der Waals surface area contributed by atoms with E-state index < -0.39 is 6.09 Å². The zero-order valence-corrected chi connectivity index (χ0v) is 18.4. The Morgan fingerprint density at radius 1 is 1.00 bits per heavy atom. The summed E-state index contributed by atoms with van der Waals surface area (Å²) in [6, 6.07) is 22.7. The van der Waals surface area contributed by atoms with Gasteiger partial charge in [0.2, 0.25) is 0 Å². The van der Waals surface area contributed by atoms with Crippen molar-refractivity contribution in [1.29, 1.82) is 0 Å². The highest BCUT2D eigenvalue weighted by molar-refractivity contribution is 6.30. The number of aromatic nitrogens is 3. The van der Waals surface area contributed by atoms with Crippen LogP contribution >= 0.6 is 11.6 Å². The number of hydrazone groups is 1. The highest BCUT2D eigenvalue weighted by Gasteiger charge is 2.26. The van der Waals surface area contributed by atoms with Gasteiger partial charge in [0, 0.05) is 21.8 Å². The summed E-state index contributed by atoms with van der Waals surface area (Å²) in [5, 5.41) is 27.6. The van der Waals surface area contributed by atoms with Gasteiger partial charge in [0.25, 0.3) is 5.95 Å². The number of rotatable bonds is 4. The Hall–Kier alpha value is -4.17. The summed E-state index contributed by atoms with van der Waals surface area (Å²) in [4.78, 5) is 11.0. The zero-order chi connectivity index (χ0) is 22.9. The molecule has 9 heteroatoms. The highest BCUT2D eigenvalue weighted by Crippen LogP contribution is 2.30. The monoisotopic (exact) mass is 458 g/mol. The first kappa shape index (κ1) is 20.7. The fourth-order valence-corrected chi connectivity index (χ4v) is 3.93. The van der Waals surface area contributed by atoms with Gasteiger partial charge in [-0.05, 0) is 42.8 Å². The van der Waals surface area contributed by atoms with Crippen LogP contribution in [0.25, 0.3) is 5.69 Å². The van der Waals surface area contributed by atoms with E-state index in [4.69, 9.17) is 21.8 Å². The lowest BCUT2D eigenvalue weighted by Crippen LogP contribution is -2.20. The molecule has 0 unspecified atom stereocenters. The number of hydrogen-bond acceptors (Lipinski definition) is 5. The van der Waals surface area contributed by atoms with E-state index in [9.17, 15) is 4.79 Å². The average Bonchev–Trinajstić information content (AvgIpc) is 3.13. The summed E-state index contributed by atoms with van der Waals surface area (Å²) in [5.41, 5.74) is 4.92. The molecular formula is C24H19ClN6O2. The van der Waals surface area contributed by atoms with Gasteiger partial charge in [-0.3, -0.25) is 9.88 Å². The fraction of sp³-hybridized carbons (Fsp3) is 0.0833. The van der Waals surface area contributed by atoms with Crippen molar-refractivity contribution in [2.45, 2.75) is 13.5 Å². The smallest absolute Gasteiger partial charge is 0.409 e. The van der Waals surface area contributed by atoms with Crippen LogP contribution in [-0.4, -0.2) is 31.7 Å². The van der Waals surface area contributed by atoms with Gasteiger partial charge in [-0.15, -0.1) is 10.2 Å². The lowest BCUT2D eigenvalue weighted by Gasteiger charge is -2.18. The van der Waals surface area contributed by atoms with E-state index in [0.717, 1.165) is 33.9 Å². The van der Waals surface area contributed by atoms with E-state index in [-0.39, 0.29) is 0 Å². The SMILES string of the molecule is Cc1nnc2n1-c1ccccc1C(c1ccc(NC(=O)O)cc1)=NN2Cc1ccc(Cl)cc1. The second-order valence-electron chi connectivity index (χ2n) is 7.54. The quantitative estimate of drug-likeness (QED) is 0.444. The Labute approximate surface area is 194 Å². The summed E-state index contributed by atoms with van der Waals surface area (Å²) < 4.78 is 1.99. The first-order chi connectivity index (χ1) is 16.0. The van der Waals surface area contributed by atoms with E-state index in [2.05, 4.69) is 15.5 Å². The van der Waals surface area contributed by atoms with Gasteiger partial charge < -0.3 is 5.11 Å². The van der Waals surface area contributed by atoms with Gasteiger partial charge in [0.15, 0.2) is 0 Å². The van der Waals surface area contributed by atoms with E-state index in [1.807, 2.05) is 77.2 Å².